The molecule has 2 radical (unpaired) electrons. The first-order valence-electron chi connectivity index (χ1n) is 5.09. The molecular weight excluding hydrogens is 232 g/mol. The van der Waals surface area contributed by atoms with Crippen molar-refractivity contribution in [1.82, 2.24) is 0 Å². The molecule has 0 saturated carbocycles. The standard InChI is InChI=1S/C14H11ClSi/c15-14-9-5-4-6-12(14)10-11-16-13-7-2-1-3-8-13/h1-11H/b11-10-. The second-order valence-electron chi connectivity index (χ2n) is 3.37. The zero-order chi connectivity index (χ0) is 11.2. The molecule has 0 unspecified atom stereocenters. The minimum absolute atomic E-state index is 0.687. The van der Waals surface area contributed by atoms with Crippen LogP contribution >= 0.6 is 11.6 Å². The molecular formula is C14H11ClSi. The Hall–Kier alpha value is -1.31. The van der Waals surface area contributed by atoms with Gasteiger partial charge >= 0.3 is 0 Å². The fourth-order valence-electron chi connectivity index (χ4n) is 1.37. The molecule has 0 saturated heterocycles. The van der Waals surface area contributed by atoms with Crippen LogP contribution in [0.25, 0.3) is 6.08 Å². The summed E-state index contributed by atoms with van der Waals surface area (Å²) >= 11 is 6.06. The summed E-state index contributed by atoms with van der Waals surface area (Å²) in [4.78, 5) is 0. The third-order valence-electron chi connectivity index (χ3n) is 2.19. The molecule has 0 atom stereocenters. The van der Waals surface area contributed by atoms with Gasteiger partial charge in [-0.3, -0.25) is 0 Å². The van der Waals surface area contributed by atoms with E-state index in [0.717, 1.165) is 10.6 Å². The Bertz CT molecular complexity index is 477. The van der Waals surface area contributed by atoms with E-state index in [-0.39, 0.29) is 0 Å². The molecule has 0 aliphatic heterocycles. The van der Waals surface area contributed by atoms with Gasteiger partial charge in [-0.2, -0.15) is 0 Å². The normalized spacial score (nSPS) is 10.8. The van der Waals surface area contributed by atoms with E-state index in [1.54, 1.807) is 0 Å². The fraction of sp³-hybridized carbons (Fsp3) is 0. The van der Waals surface area contributed by atoms with E-state index >= 15 is 0 Å². The van der Waals surface area contributed by atoms with Gasteiger partial charge in [0.1, 0.15) is 9.52 Å². The molecule has 2 rings (SSSR count). The van der Waals surface area contributed by atoms with Gasteiger partial charge in [0.2, 0.25) is 0 Å². The van der Waals surface area contributed by atoms with E-state index in [9.17, 15) is 0 Å². The van der Waals surface area contributed by atoms with Gasteiger partial charge < -0.3 is 0 Å². The Morgan fingerprint density at radius 1 is 0.875 bits per heavy atom. The topological polar surface area (TPSA) is 0 Å². The van der Waals surface area contributed by atoms with E-state index in [1.807, 2.05) is 30.3 Å². The van der Waals surface area contributed by atoms with Crippen LogP contribution in [-0.4, -0.2) is 9.52 Å². The minimum atomic E-state index is 0.687. The van der Waals surface area contributed by atoms with Crippen molar-refractivity contribution < 1.29 is 0 Å². The highest BCUT2D eigenvalue weighted by Crippen LogP contribution is 2.15. The first-order valence-corrected chi connectivity index (χ1v) is 6.54. The average Bonchev–Trinajstić information content (AvgIpc) is 2.33. The van der Waals surface area contributed by atoms with Crippen molar-refractivity contribution in [3.05, 3.63) is 70.9 Å². The van der Waals surface area contributed by atoms with Crippen LogP contribution in [0.5, 0.6) is 0 Å². The molecule has 78 valence electrons. The van der Waals surface area contributed by atoms with Crippen molar-refractivity contribution in [3.8, 4) is 0 Å². The molecule has 0 fully saturated rings. The Kier molecular flexibility index (Phi) is 3.97. The lowest BCUT2D eigenvalue weighted by Gasteiger charge is -1.96. The summed E-state index contributed by atoms with van der Waals surface area (Å²) in [5.74, 6) is 0. The van der Waals surface area contributed by atoms with Gasteiger partial charge in [-0.25, -0.2) is 0 Å². The highest BCUT2D eigenvalue weighted by Gasteiger charge is 1.93. The monoisotopic (exact) mass is 242 g/mol. The van der Waals surface area contributed by atoms with Crippen molar-refractivity contribution in [1.29, 1.82) is 0 Å². The van der Waals surface area contributed by atoms with Crippen molar-refractivity contribution in [2.24, 2.45) is 0 Å². The van der Waals surface area contributed by atoms with Crippen LogP contribution in [0, 0.1) is 0 Å². The molecule has 0 spiro atoms. The van der Waals surface area contributed by atoms with Crippen LogP contribution in [0.15, 0.2) is 60.3 Å². The van der Waals surface area contributed by atoms with Gasteiger partial charge in [-0.15, -0.1) is 0 Å². The quantitative estimate of drug-likeness (QED) is 0.725. The van der Waals surface area contributed by atoms with Crippen molar-refractivity contribution in [3.63, 3.8) is 0 Å². The summed E-state index contributed by atoms with van der Waals surface area (Å²) < 4.78 is 0. The lowest BCUT2D eigenvalue weighted by Crippen LogP contribution is -2.09. The maximum atomic E-state index is 6.06. The average molecular weight is 243 g/mol. The lowest BCUT2D eigenvalue weighted by molar-refractivity contribution is 1.66. The molecule has 2 heteroatoms. The maximum absolute atomic E-state index is 6.06. The zero-order valence-corrected chi connectivity index (χ0v) is 10.5. The minimum Gasteiger partial charge on any atom is -0.0927 e. The van der Waals surface area contributed by atoms with E-state index in [0.29, 0.717) is 9.52 Å². The molecule has 2 aromatic carbocycles. The Morgan fingerprint density at radius 3 is 2.31 bits per heavy atom. The molecule has 0 N–H and O–H groups in total. The molecule has 0 aromatic heterocycles. The zero-order valence-electron chi connectivity index (χ0n) is 8.73. The van der Waals surface area contributed by atoms with Crippen LogP contribution < -0.4 is 5.19 Å². The third kappa shape index (κ3) is 3.09. The van der Waals surface area contributed by atoms with Crippen molar-refractivity contribution >= 4 is 32.4 Å². The van der Waals surface area contributed by atoms with Gasteiger partial charge in [0, 0.05) is 5.02 Å². The summed E-state index contributed by atoms with van der Waals surface area (Å²) in [6.07, 6.45) is 2.08. The number of rotatable bonds is 3. The van der Waals surface area contributed by atoms with Gasteiger partial charge in [-0.1, -0.05) is 77.1 Å². The van der Waals surface area contributed by atoms with Gasteiger partial charge in [0.25, 0.3) is 0 Å². The van der Waals surface area contributed by atoms with Crippen LogP contribution in [0.1, 0.15) is 5.56 Å². The predicted molar refractivity (Wildman–Crippen MR) is 72.3 cm³/mol. The highest BCUT2D eigenvalue weighted by molar-refractivity contribution is 6.59. The molecule has 0 bridgehead atoms. The van der Waals surface area contributed by atoms with E-state index in [1.165, 1.54) is 5.19 Å². The second-order valence-corrected chi connectivity index (χ2v) is 4.97. The number of hydrogen-bond donors (Lipinski definition) is 0. The Balaban J connectivity index is 2.03. The molecule has 0 amide bonds. The van der Waals surface area contributed by atoms with E-state index < -0.39 is 0 Å². The summed E-state index contributed by atoms with van der Waals surface area (Å²) in [5.41, 5.74) is 3.24. The van der Waals surface area contributed by atoms with Crippen LogP contribution in [-0.2, 0) is 0 Å². The Labute approximate surface area is 103 Å². The first-order chi connectivity index (χ1) is 7.86. The predicted octanol–water partition coefficient (Wildman–Crippen LogP) is 3.34. The van der Waals surface area contributed by atoms with Gasteiger partial charge in [-0.05, 0) is 11.6 Å². The molecule has 0 nitrogen and oxygen atoms in total. The van der Waals surface area contributed by atoms with Crippen LogP contribution in [0.4, 0.5) is 0 Å². The van der Waals surface area contributed by atoms with Gasteiger partial charge in [0.05, 0.1) is 0 Å². The van der Waals surface area contributed by atoms with Crippen molar-refractivity contribution in [2.45, 2.75) is 0 Å². The van der Waals surface area contributed by atoms with E-state index in [4.69, 9.17) is 11.6 Å². The third-order valence-corrected chi connectivity index (χ3v) is 3.54. The summed E-state index contributed by atoms with van der Waals surface area (Å²) in [6, 6.07) is 18.3. The SMILES string of the molecule is Clc1ccccc1/C=C\[Si]c1ccccc1. The number of hydrogen-bond acceptors (Lipinski definition) is 0. The summed E-state index contributed by atoms with van der Waals surface area (Å²) in [6.45, 7) is 0. The highest BCUT2D eigenvalue weighted by atomic mass is 35.5. The molecule has 16 heavy (non-hydrogen) atoms. The largest absolute Gasteiger partial charge is 0.111 e. The fourth-order valence-corrected chi connectivity index (χ4v) is 2.41. The summed E-state index contributed by atoms with van der Waals surface area (Å²) in [7, 11) is 0.687. The second kappa shape index (κ2) is 5.68. The van der Waals surface area contributed by atoms with Gasteiger partial charge in [0.15, 0.2) is 0 Å². The van der Waals surface area contributed by atoms with Crippen molar-refractivity contribution in [2.75, 3.05) is 0 Å². The lowest BCUT2D eigenvalue weighted by atomic mass is 10.2. The summed E-state index contributed by atoms with van der Waals surface area (Å²) in [5, 5.41) is 2.14. The number of halogens is 1. The first kappa shape index (κ1) is 11.2. The van der Waals surface area contributed by atoms with E-state index in [2.05, 4.69) is 36.0 Å². The van der Waals surface area contributed by atoms with Crippen LogP contribution in [0.2, 0.25) is 5.02 Å². The number of benzene rings is 2. The van der Waals surface area contributed by atoms with Crippen LogP contribution in [0.3, 0.4) is 0 Å². The molecule has 0 aliphatic carbocycles. The molecule has 0 aliphatic rings. The molecule has 0 heterocycles. The smallest absolute Gasteiger partial charge is 0.0927 e. The Morgan fingerprint density at radius 2 is 1.56 bits per heavy atom. The maximum Gasteiger partial charge on any atom is 0.111 e. The molecule has 2 aromatic rings.